The van der Waals surface area contributed by atoms with Crippen LogP contribution in [0.3, 0.4) is 0 Å². The molecule has 1 saturated carbocycles. The standard InChI is InChI=1S/C14H20BrN3O/c15-11-2-3-12(17-9-11)13(18-16)10-4-7-19-14(8-10)5-1-6-14/h2-3,9-10,13,18H,1,4-8,16H2. The molecule has 0 aromatic carbocycles. The molecule has 19 heavy (non-hydrogen) atoms. The minimum absolute atomic E-state index is 0.120. The molecule has 5 heteroatoms. The van der Waals surface area contributed by atoms with E-state index >= 15 is 0 Å². The molecule has 2 unspecified atom stereocenters. The lowest BCUT2D eigenvalue weighted by Gasteiger charge is -2.48. The lowest BCUT2D eigenvalue weighted by molar-refractivity contribution is -0.147. The van der Waals surface area contributed by atoms with Crippen LogP contribution >= 0.6 is 15.9 Å². The van der Waals surface area contributed by atoms with Gasteiger partial charge in [-0.05, 0) is 66.1 Å². The SMILES string of the molecule is NNC(c1ccc(Br)cn1)C1CCOC2(CCC2)C1. The number of nitrogens with one attached hydrogen (secondary N) is 1. The third-order valence-corrected chi connectivity index (χ3v) is 4.98. The molecule has 1 aliphatic carbocycles. The predicted molar refractivity (Wildman–Crippen MR) is 77.3 cm³/mol. The van der Waals surface area contributed by atoms with Gasteiger partial charge in [0.1, 0.15) is 0 Å². The number of hydrogen-bond donors (Lipinski definition) is 2. The maximum Gasteiger partial charge on any atom is 0.0686 e. The van der Waals surface area contributed by atoms with Crippen molar-refractivity contribution in [1.29, 1.82) is 0 Å². The zero-order valence-corrected chi connectivity index (χ0v) is 12.5. The van der Waals surface area contributed by atoms with E-state index in [0.29, 0.717) is 5.92 Å². The normalized spacial score (nSPS) is 26.9. The predicted octanol–water partition coefficient (Wildman–Crippen LogP) is 2.70. The fraction of sp³-hybridized carbons (Fsp3) is 0.643. The maximum absolute atomic E-state index is 5.98. The summed E-state index contributed by atoms with van der Waals surface area (Å²) >= 11 is 3.42. The van der Waals surface area contributed by atoms with Gasteiger partial charge < -0.3 is 4.74 Å². The van der Waals surface area contributed by atoms with Crippen LogP contribution in [0.5, 0.6) is 0 Å². The topological polar surface area (TPSA) is 60.2 Å². The number of pyridine rings is 1. The molecule has 1 aliphatic heterocycles. The summed E-state index contributed by atoms with van der Waals surface area (Å²) in [6.45, 7) is 0.847. The van der Waals surface area contributed by atoms with E-state index in [1.165, 1.54) is 19.3 Å². The van der Waals surface area contributed by atoms with Crippen LogP contribution in [0.25, 0.3) is 0 Å². The Morgan fingerprint density at radius 2 is 2.32 bits per heavy atom. The number of nitrogens with two attached hydrogens (primary N) is 1. The van der Waals surface area contributed by atoms with Gasteiger partial charge in [-0.25, -0.2) is 0 Å². The Balaban J connectivity index is 1.76. The van der Waals surface area contributed by atoms with E-state index in [2.05, 4.69) is 26.3 Å². The van der Waals surface area contributed by atoms with Crippen LogP contribution in [0, 0.1) is 5.92 Å². The average molecular weight is 326 g/mol. The molecule has 0 amide bonds. The summed E-state index contributed by atoms with van der Waals surface area (Å²) in [5, 5.41) is 0. The van der Waals surface area contributed by atoms with Crippen molar-refractivity contribution in [3.8, 4) is 0 Å². The second-order valence-corrected chi connectivity index (χ2v) is 6.60. The van der Waals surface area contributed by atoms with Gasteiger partial charge in [0, 0.05) is 17.3 Å². The van der Waals surface area contributed by atoms with Crippen LogP contribution in [-0.2, 0) is 4.74 Å². The highest BCUT2D eigenvalue weighted by Gasteiger charge is 2.44. The Morgan fingerprint density at radius 3 is 2.89 bits per heavy atom. The number of nitrogens with zero attached hydrogens (tertiary/aromatic N) is 1. The molecule has 2 atom stereocenters. The van der Waals surface area contributed by atoms with Crippen molar-refractivity contribution in [2.45, 2.75) is 43.7 Å². The Kier molecular flexibility index (Phi) is 3.89. The zero-order valence-electron chi connectivity index (χ0n) is 10.9. The average Bonchev–Trinajstić information content (AvgIpc) is 2.40. The molecule has 3 rings (SSSR count). The van der Waals surface area contributed by atoms with Gasteiger partial charge in [0.05, 0.1) is 17.3 Å². The van der Waals surface area contributed by atoms with E-state index in [9.17, 15) is 0 Å². The molecule has 1 saturated heterocycles. The van der Waals surface area contributed by atoms with E-state index in [1.54, 1.807) is 0 Å². The summed E-state index contributed by atoms with van der Waals surface area (Å²) in [6.07, 6.45) is 7.68. The number of halogens is 1. The number of hydrogen-bond acceptors (Lipinski definition) is 4. The van der Waals surface area contributed by atoms with Crippen LogP contribution in [-0.4, -0.2) is 17.2 Å². The van der Waals surface area contributed by atoms with Crippen molar-refractivity contribution in [2.75, 3.05) is 6.61 Å². The van der Waals surface area contributed by atoms with Crippen molar-refractivity contribution in [1.82, 2.24) is 10.4 Å². The van der Waals surface area contributed by atoms with Crippen LogP contribution in [0.15, 0.2) is 22.8 Å². The van der Waals surface area contributed by atoms with Gasteiger partial charge in [-0.15, -0.1) is 0 Å². The summed E-state index contributed by atoms with van der Waals surface area (Å²) in [7, 11) is 0. The van der Waals surface area contributed by atoms with Crippen molar-refractivity contribution in [2.24, 2.45) is 11.8 Å². The highest BCUT2D eigenvalue weighted by atomic mass is 79.9. The van der Waals surface area contributed by atoms with E-state index in [-0.39, 0.29) is 11.6 Å². The van der Waals surface area contributed by atoms with Gasteiger partial charge in [0.2, 0.25) is 0 Å². The van der Waals surface area contributed by atoms with Crippen molar-refractivity contribution >= 4 is 15.9 Å². The number of hydrazine groups is 1. The molecule has 1 spiro atoms. The fourth-order valence-corrected chi connectivity index (χ4v) is 3.54. The number of aromatic nitrogens is 1. The first kappa shape index (κ1) is 13.5. The first-order chi connectivity index (χ1) is 9.22. The van der Waals surface area contributed by atoms with Gasteiger partial charge >= 0.3 is 0 Å². The first-order valence-corrected chi connectivity index (χ1v) is 7.73. The van der Waals surface area contributed by atoms with E-state index in [1.807, 2.05) is 18.3 Å². The second kappa shape index (κ2) is 5.48. The fourth-order valence-electron chi connectivity index (χ4n) is 3.30. The molecule has 3 N–H and O–H groups in total. The summed E-state index contributed by atoms with van der Waals surface area (Å²) < 4.78 is 6.98. The Hall–Kier alpha value is -0.490. The molecule has 0 bridgehead atoms. The third-order valence-electron chi connectivity index (χ3n) is 4.52. The van der Waals surface area contributed by atoms with E-state index < -0.39 is 0 Å². The van der Waals surface area contributed by atoms with Crippen molar-refractivity contribution in [3.63, 3.8) is 0 Å². The van der Waals surface area contributed by atoms with Gasteiger partial charge in [-0.1, -0.05) is 0 Å². The van der Waals surface area contributed by atoms with Crippen molar-refractivity contribution in [3.05, 3.63) is 28.5 Å². The van der Waals surface area contributed by atoms with Gasteiger partial charge in [-0.2, -0.15) is 0 Å². The Morgan fingerprint density at radius 1 is 1.47 bits per heavy atom. The monoisotopic (exact) mass is 325 g/mol. The molecule has 2 aliphatic rings. The highest BCUT2D eigenvalue weighted by molar-refractivity contribution is 9.10. The van der Waals surface area contributed by atoms with Gasteiger partial charge in [0.25, 0.3) is 0 Å². The minimum Gasteiger partial charge on any atom is -0.375 e. The van der Waals surface area contributed by atoms with Crippen LogP contribution in [0.2, 0.25) is 0 Å². The molecule has 2 fully saturated rings. The summed E-state index contributed by atoms with van der Waals surface area (Å²) in [5.74, 6) is 6.29. The second-order valence-electron chi connectivity index (χ2n) is 5.68. The van der Waals surface area contributed by atoms with Crippen LogP contribution in [0.1, 0.15) is 43.8 Å². The summed E-state index contributed by atoms with van der Waals surface area (Å²) in [5.41, 5.74) is 4.13. The smallest absolute Gasteiger partial charge is 0.0686 e. The third kappa shape index (κ3) is 2.70. The molecule has 2 heterocycles. The molecule has 0 radical (unpaired) electrons. The summed E-state index contributed by atoms with van der Waals surface area (Å²) in [4.78, 5) is 4.49. The maximum atomic E-state index is 5.98. The number of ether oxygens (including phenoxy) is 1. The molecule has 1 aromatic rings. The quantitative estimate of drug-likeness (QED) is 0.662. The summed E-state index contributed by atoms with van der Waals surface area (Å²) in [6, 6.07) is 4.18. The molecular formula is C14H20BrN3O. The number of rotatable bonds is 3. The molecular weight excluding hydrogens is 306 g/mol. The van der Waals surface area contributed by atoms with Crippen molar-refractivity contribution < 1.29 is 4.74 Å². The van der Waals surface area contributed by atoms with E-state index in [0.717, 1.165) is 29.6 Å². The zero-order chi connectivity index (χ0) is 13.3. The van der Waals surface area contributed by atoms with Gasteiger partial charge in [0.15, 0.2) is 0 Å². The van der Waals surface area contributed by atoms with E-state index in [4.69, 9.17) is 10.6 Å². The minimum atomic E-state index is 0.120. The largest absolute Gasteiger partial charge is 0.375 e. The Bertz CT molecular complexity index is 433. The molecule has 4 nitrogen and oxygen atoms in total. The lowest BCUT2D eigenvalue weighted by atomic mass is 9.70. The van der Waals surface area contributed by atoms with Gasteiger partial charge in [-0.3, -0.25) is 16.3 Å². The van der Waals surface area contributed by atoms with Crippen LogP contribution < -0.4 is 11.3 Å². The molecule has 104 valence electrons. The lowest BCUT2D eigenvalue weighted by Crippen LogP contribution is -2.48. The van der Waals surface area contributed by atoms with Crippen LogP contribution in [0.4, 0.5) is 0 Å². The highest BCUT2D eigenvalue weighted by Crippen LogP contribution is 2.46. The Labute approximate surface area is 122 Å². The first-order valence-electron chi connectivity index (χ1n) is 6.94. The molecule has 1 aromatic heterocycles.